The van der Waals surface area contributed by atoms with Crippen LogP contribution in [0.1, 0.15) is 24.1 Å². The Morgan fingerprint density at radius 1 is 0.920 bits per heavy atom. The molecule has 6 rings (SSSR count). The molecule has 4 heterocycles. The number of aliphatic hydroxyl groups excluding tert-OH is 1. The van der Waals surface area contributed by atoms with Crippen molar-refractivity contribution in [3.05, 3.63) is 53.7 Å². The number of likely N-dealkylation sites (N-methyl/N-ethyl adjacent to an activating group) is 1. The molecule has 0 aliphatic carbocycles. The van der Waals surface area contributed by atoms with Gasteiger partial charge in [-0.15, -0.1) is 0 Å². The Labute approximate surface area is 295 Å². The molecule has 2 N–H and O–H groups in total. The van der Waals surface area contributed by atoms with E-state index in [0.29, 0.717) is 71.8 Å². The molecule has 0 saturated carbocycles. The molecule has 50 heavy (non-hydrogen) atoms. The molecule has 0 amide bonds. The summed E-state index contributed by atoms with van der Waals surface area (Å²) in [5.74, 6) is 0.938. The molecule has 2 saturated heterocycles. The van der Waals surface area contributed by atoms with Crippen molar-refractivity contribution in [3.8, 4) is 12.1 Å². The number of nitrogens with one attached hydrogen (secondary N) is 1. The molecule has 270 valence electrons. The van der Waals surface area contributed by atoms with Gasteiger partial charge in [-0.05, 0) is 31.3 Å². The van der Waals surface area contributed by atoms with Crippen LogP contribution in [0.15, 0.2) is 42.5 Å². The lowest BCUT2D eigenvalue weighted by Crippen LogP contribution is -2.51. The standard InChI is InChI=1S/C37H51N7O6/c1-42-25-31(49-22-21-48-20-19-47-18-17-46-16-15-45)23-30(42)27-50-37-40-34-26-43(35-8-4-6-28-5-2-3-7-32(28)35)13-10-33(34)36(41-37)44-14-12-39-29(24-44)9-11-38/h2-8,29-31,39,45H,9-10,12-27H2,1H3. The average molecular weight is 690 g/mol. The van der Waals surface area contributed by atoms with E-state index < -0.39 is 0 Å². The molecule has 0 radical (unpaired) electrons. The zero-order valence-corrected chi connectivity index (χ0v) is 29.2. The quantitative estimate of drug-likeness (QED) is 0.189. The van der Waals surface area contributed by atoms with Crippen molar-refractivity contribution < 1.29 is 28.8 Å². The highest BCUT2D eigenvalue weighted by Crippen LogP contribution is 2.34. The second kappa shape index (κ2) is 18.6. The molecule has 2 fully saturated rings. The van der Waals surface area contributed by atoms with Gasteiger partial charge < -0.3 is 43.9 Å². The molecule has 2 aromatic carbocycles. The fourth-order valence-corrected chi connectivity index (χ4v) is 7.06. The van der Waals surface area contributed by atoms with Crippen molar-refractivity contribution in [3.63, 3.8) is 0 Å². The summed E-state index contributed by atoms with van der Waals surface area (Å²) in [6.45, 7) is 8.52. The zero-order chi connectivity index (χ0) is 34.5. The molecule has 3 aromatic rings. The zero-order valence-electron chi connectivity index (χ0n) is 29.2. The molecule has 3 aliphatic heterocycles. The van der Waals surface area contributed by atoms with E-state index in [4.69, 9.17) is 38.8 Å². The van der Waals surface area contributed by atoms with E-state index in [0.717, 1.165) is 57.1 Å². The summed E-state index contributed by atoms with van der Waals surface area (Å²) in [4.78, 5) is 17.1. The van der Waals surface area contributed by atoms with E-state index >= 15 is 0 Å². The van der Waals surface area contributed by atoms with Gasteiger partial charge in [0.25, 0.3) is 0 Å². The Balaban J connectivity index is 1.06. The lowest BCUT2D eigenvalue weighted by molar-refractivity contribution is -0.0180. The van der Waals surface area contributed by atoms with Gasteiger partial charge in [0.1, 0.15) is 12.4 Å². The van der Waals surface area contributed by atoms with Gasteiger partial charge in [0.15, 0.2) is 0 Å². The maximum atomic E-state index is 9.37. The van der Waals surface area contributed by atoms with Crippen LogP contribution in [0.4, 0.5) is 11.5 Å². The smallest absolute Gasteiger partial charge is 0.318 e. The highest BCUT2D eigenvalue weighted by atomic mass is 16.6. The van der Waals surface area contributed by atoms with Crippen molar-refractivity contribution in [2.75, 3.05) is 109 Å². The molecular weight excluding hydrogens is 638 g/mol. The number of likely N-dealkylation sites (tertiary alicyclic amines) is 1. The predicted octanol–water partition coefficient (Wildman–Crippen LogP) is 2.39. The van der Waals surface area contributed by atoms with Crippen LogP contribution in [0.3, 0.4) is 0 Å². The Morgan fingerprint density at radius 3 is 2.52 bits per heavy atom. The van der Waals surface area contributed by atoms with Crippen molar-refractivity contribution in [2.24, 2.45) is 0 Å². The Morgan fingerprint density at radius 2 is 1.70 bits per heavy atom. The summed E-state index contributed by atoms with van der Waals surface area (Å²) in [7, 11) is 2.10. The van der Waals surface area contributed by atoms with Gasteiger partial charge in [-0.3, -0.25) is 4.90 Å². The lowest BCUT2D eigenvalue weighted by atomic mass is 10.0. The summed E-state index contributed by atoms with van der Waals surface area (Å²) in [6.07, 6.45) is 2.25. The van der Waals surface area contributed by atoms with Gasteiger partial charge in [0.2, 0.25) is 0 Å². The van der Waals surface area contributed by atoms with Gasteiger partial charge in [-0.25, -0.2) is 0 Å². The summed E-state index contributed by atoms with van der Waals surface area (Å²) < 4.78 is 28.8. The maximum absolute atomic E-state index is 9.37. The van der Waals surface area contributed by atoms with Gasteiger partial charge in [0, 0.05) is 61.4 Å². The van der Waals surface area contributed by atoms with Gasteiger partial charge in [-0.2, -0.15) is 15.2 Å². The number of anilines is 2. The molecule has 3 unspecified atom stereocenters. The third-order valence-corrected chi connectivity index (χ3v) is 9.64. The van der Waals surface area contributed by atoms with E-state index in [1.807, 2.05) is 0 Å². The number of rotatable bonds is 18. The van der Waals surface area contributed by atoms with Crippen molar-refractivity contribution in [1.29, 1.82) is 5.26 Å². The first-order chi connectivity index (χ1) is 24.6. The first-order valence-corrected chi connectivity index (χ1v) is 17.9. The molecular formula is C37H51N7O6. The summed E-state index contributed by atoms with van der Waals surface area (Å²) in [5.41, 5.74) is 3.39. The second-order valence-corrected chi connectivity index (χ2v) is 13.1. The molecule has 1 aromatic heterocycles. The molecule has 0 spiro atoms. The summed E-state index contributed by atoms with van der Waals surface area (Å²) in [5, 5.41) is 24.0. The number of ether oxygens (including phenoxy) is 5. The van der Waals surface area contributed by atoms with Crippen LogP contribution in [0.2, 0.25) is 0 Å². The van der Waals surface area contributed by atoms with Crippen LogP contribution in [0, 0.1) is 11.3 Å². The SMILES string of the molecule is CN1CC(OCCOCCOCCOCCO)CC1COc1nc2c(c(N3CCNC(CC#N)C3)n1)CCN(c1cccc3ccccc13)C2. The van der Waals surface area contributed by atoms with Crippen molar-refractivity contribution in [2.45, 2.75) is 44.0 Å². The molecule has 3 atom stereocenters. The van der Waals surface area contributed by atoms with Crippen molar-refractivity contribution >= 4 is 22.3 Å². The monoisotopic (exact) mass is 689 g/mol. The van der Waals surface area contributed by atoms with Crippen LogP contribution < -0.4 is 19.9 Å². The highest BCUT2D eigenvalue weighted by molar-refractivity contribution is 5.94. The molecule has 13 heteroatoms. The third kappa shape index (κ3) is 9.58. The number of piperazine rings is 1. The average Bonchev–Trinajstić information content (AvgIpc) is 3.50. The van der Waals surface area contributed by atoms with E-state index in [9.17, 15) is 5.26 Å². The maximum Gasteiger partial charge on any atom is 0.318 e. The number of hydrogen-bond donors (Lipinski definition) is 2. The Bertz CT molecular complexity index is 1550. The summed E-state index contributed by atoms with van der Waals surface area (Å²) in [6, 6.07) is 18.0. The number of nitrogens with zero attached hydrogens (tertiary/aromatic N) is 6. The predicted molar refractivity (Wildman–Crippen MR) is 191 cm³/mol. The normalized spacial score (nSPS) is 21.0. The van der Waals surface area contributed by atoms with E-state index in [2.05, 4.69) is 75.6 Å². The van der Waals surface area contributed by atoms with Crippen LogP contribution >= 0.6 is 0 Å². The molecule has 0 bridgehead atoms. The fraction of sp³-hybridized carbons (Fsp3) is 0.595. The van der Waals surface area contributed by atoms with Gasteiger partial charge in [0.05, 0.1) is 83.7 Å². The Hall–Kier alpha value is -3.61. The second-order valence-electron chi connectivity index (χ2n) is 13.1. The number of benzene rings is 2. The number of aliphatic hydroxyl groups is 1. The van der Waals surface area contributed by atoms with E-state index in [1.165, 1.54) is 22.0 Å². The van der Waals surface area contributed by atoms with E-state index in [1.54, 1.807) is 0 Å². The number of nitriles is 1. The minimum atomic E-state index is 0.0211. The molecule has 3 aliphatic rings. The molecule has 13 nitrogen and oxygen atoms in total. The number of fused-ring (bicyclic) bond motifs is 2. The highest BCUT2D eigenvalue weighted by Gasteiger charge is 2.32. The summed E-state index contributed by atoms with van der Waals surface area (Å²) >= 11 is 0. The lowest BCUT2D eigenvalue weighted by Gasteiger charge is -2.37. The van der Waals surface area contributed by atoms with Crippen LogP contribution in [-0.2, 0) is 31.9 Å². The fourth-order valence-electron chi connectivity index (χ4n) is 7.06. The Kier molecular flexibility index (Phi) is 13.4. The topological polar surface area (TPSA) is 138 Å². The first-order valence-electron chi connectivity index (χ1n) is 17.9. The minimum absolute atomic E-state index is 0.0211. The van der Waals surface area contributed by atoms with Crippen LogP contribution in [0.25, 0.3) is 10.8 Å². The van der Waals surface area contributed by atoms with Crippen LogP contribution in [-0.4, -0.2) is 137 Å². The van der Waals surface area contributed by atoms with Gasteiger partial charge in [-0.1, -0.05) is 36.4 Å². The van der Waals surface area contributed by atoms with Gasteiger partial charge >= 0.3 is 6.01 Å². The van der Waals surface area contributed by atoms with Crippen molar-refractivity contribution in [1.82, 2.24) is 20.2 Å². The van der Waals surface area contributed by atoms with E-state index in [-0.39, 0.29) is 24.8 Å². The largest absolute Gasteiger partial charge is 0.462 e. The number of hydrogen-bond acceptors (Lipinski definition) is 13. The minimum Gasteiger partial charge on any atom is -0.462 e. The third-order valence-electron chi connectivity index (χ3n) is 9.64. The number of aromatic nitrogens is 2. The van der Waals surface area contributed by atoms with Crippen LogP contribution in [0.5, 0.6) is 6.01 Å². The first kappa shape index (κ1) is 36.2.